The molecule has 0 saturated heterocycles. The van der Waals surface area contributed by atoms with E-state index in [1.807, 2.05) is 0 Å². The fourth-order valence-electron chi connectivity index (χ4n) is 2.01. The van der Waals surface area contributed by atoms with Crippen molar-refractivity contribution in [3.8, 4) is 11.5 Å². The number of hydrogen-bond donors (Lipinski definition) is 1. The minimum atomic E-state index is -0.720. The van der Waals surface area contributed by atoms with E-state index in [9.17, 15) is 9.90 Å². The van der Waals surface area contributed by atoms with Crippen molar-refractivity contribution >= 4 is 22.6 Å². The summed E-state index contributed by atoms with van der Waals surface area (Å²) in [5, 5.41) is 10.3. The van der Waals surface area contributed by atoms with E-state index in [0.29, 0.717) is 28.0 Å². The Labute approximate surface area is 113 Å². The maximum absolute atomic E-state index is 11.6. The number of benzene rings is 1. The van der Waals surface area contributed by atoms with Gasteiger partial charge in [0.05, 0.1) is 0 Å². The van der Waals surface area contributed by atoms with Crippen LogP contribution in [0.15, 0.2) is 21.3 Å². The zero-order valence-electron chi connectivity index (χ0n) is 10.1. The summed E-state index contributed by atoms with van der Waals surface area (Å²) < 4.78 is 16.1. The summed E-state index contributed by atoms with van der Waals surface area (Å²) in [7, 11) is 0. The molecule has 0 fully saturated rings. The molecule has 100 valence electrons. The highest BCUT2D eigenvalue weighted by Gasteiger charge is 2.22. The number of ether oxygens (including phenoxy) is 2. The van der Waals surface area contributed by atoms with Crippen LogP contribution in [0.2, 0.25) is 5.02 Å². The topological polar surface area (TPSA) is 68.9 Å². The lowest BCUT2D eigenvalue weighted by atomic mass is 10.1. The van der Waals surface area contributed by atoms with Crippen molar-refractivity contribution in [1.82, 2.24) is 0 Å². The third kappa shape index (κ3) is 1.95. The largest absolute Gasteiger partial charge is 0.487 e. The van der Waals surface area contributed by atoms with Gasteiger partial charge in [-0.3, -0.25) is 0 Å². The minimum Gasteiger partial charge on any atom is -0.487 e. The first-order valence-electron chi connectivity index (χ1n) is 5.77. The third-order valence-corrected chi connectivity index (χ3v) is 3.47. The lowest BCUT2D eigenvalue weighted by Crippen LogP contribution is -2.22. The van der Waals surface area contributed by atoms with Crippen LogP contribution >= 0.6 is 11.6 Å². The molecule has 1 aromatic carbocycles. The quantitative estimate of drug-likeness (QED) is 0.747. The first-order chi connectivity index (χ1) is 9.08. The molecule has 0 aliphatic carbocycles. The number of rotatable bonds is 0. The summed E-state index contributed by atoms with van der Waals surface area (Å²) in [5.74, 6) is 0.764. The highest BCUT2D eigenvalue weighted by atomic mass is 35.5. The molecule has 0 radical (unpaired) electrons. The number of fused-ring (bicyclic) bond motifs is 3. The van der Waals surface area contributed by atoms with E-state index in [2.05, 4.69) is 0 Å². The summed E-state index contributed by atoms with van der Waals surface area (Å²) >= 11 is 5.88. The molecular weight excluding hydrogens is 272 g/mol. The molecule has 0 spiro atoms. The minimum absolute atomic E-state index is 0.0574. The Balaban J connectivity index is 2.31. The average molecular weight is 283 g/mol. The van der Waals surface area contributed by atoms with Crippen LogP contribution in [0, 0.1) is 6.92 Å². The summed E-state index contributed by atoms with van der Waals surface area (Å²) in [4.78, 5) is 11.6. The van der Waals surface area contributed by atoms with Crippen LogP contribution in [-0.4, -0.2) is 24.4 Å². The molecule has 2 heterocycles. The first-order valence-corrected chi connectivity index (χ1v) is 6.15. The van der Waals surface area contributed by atoms with Crippen LogP contribution in [0.4, 0.5) is 0 Å². The molecule has 3 rings (SSSR count). The van der Waals surface area contributed by atoms with E-state index in [4.69, 9.17) is 25.5 Å². The summed E-state index contributed by atoms with van der Waals surface area (Å²) in [6.45, 7) is 1.95. The van der Waals surface area contributed by atoms with Gasteiger partial charge < -0.3 is 19.0 Å². The van der Waals surface area contributed by atoms with Gasteiger partial charge >= 0.3 is 5.63 Å². The smallest absolute Gasteiger partial charge is 0.355 e. The molecule has 0 saturated carbocycles. The van der Waals surface area contributed by atoms with Gasteiger partial charge in [0.2, 0.25) is 5.75 Å². The van der Waals surface area contributed by atoms with Gasteiger partial charge in [-0.05, 0) is 24.6 Å². The summed E-state index contributed by atoms with van der Waals surface area (Å²) in [5.41, 5.74) is 0.302. The maximum Gasteiger partial charge on any atom is 0.355 e. The molecule has 0 bridgehead atoms. The lowest BCUT2D eigenvalue weighted by Gasteiger charge is -2.10. The van der Waals surface area contributed by atoms with Crippen LogP contribution in [0.1, 0.15) is 5.56 Å². The van der Waals surface area contributed by atoms with Gasteiger partial charge in [0.25, 0.3) is 0 Å². The number of aryl methyl sites for hydroxylation is 1. The second-order valence-corrected chi connectivity index (χ2v) is 4.75. The van der Waals surface area contributed by atoms with Crippen molar-refractivity contribution in [2.75, 3.05) is 13.2 Å². The van der Waals surface area contributed by atoms with Crippen molar-refractivity contribution in [2.24, 2.45) is 0 Å². The Hall–Kier alpha value is -1.72. The molecule has 5 nitrogen and oxygen atoms in total. The van der Waals surface area contributed by atoms with Crippen LogP contribution < -0.4 is 15.1 Å². The van der Waals surface area contributed by atoms with E-state index < -0.39 is 11.7 Å². The van der Waals surface area contributed by atoms with Gasteiger partial charge in [0, 0.05) is 5.39 Å². The summed E-state index contributed by atoms with van der Waals surface area (Å²) in [6, 6.07) is 3.46. The standard InChI is InChI=1S/C13H11ClO5/c1-6-8-2-3-9-12(18-5-7(15)4-17-9)11(8)19-13(16)10(6)14/h2-3,7,15H,4-5H2,1H3/t7-/m0/s1. The number of aliphatic hydroxyl groups is 1. The Morgan fingerprint density at radius 2 is 2.05 bits per heavy atom. The van der Waals surface area contributed by atoms with Gasteiger partial charge in [-0.15, -0.1) is 0 Å². The molecule has 0 unspecified atom stereocenters. The monoisotopic (exact) mass is 282 g/mol. The van der Waals surface area contributed by atoms with Gasteiger partial charge in [0.1, 0.15) is 24.3 Å². The molecule has 1 aliphatic rings. The third-order valence-electron chi connectivity index (χ3n) is 3.03. The van der Waals surface area contributed by atoms with Crippen molar-refractivity contribution < 1.29 is 19.0 Å². The van der Waals surface area contributed by atoms with Crippen LogP contribution in [0.5, 0.6) is 11.5 Å². The highest BCUT2D eigenvalue weighted by Crippen LogP contribution is 2.38. The fourth-order valence-corrected chi connectivity index (χ4v) is 2.15. The molecule has 6 heteroatoms. The van der Waals surface area contributed by atoms with Gasteiger partial charge in [-0.2, -0.15) is 0 Å². The SMILES string of the molecule is Cc1c(Cl)c(=O)oc2c3c(ccc12)OC[C@H](O)CO3. The van der Waals surface area contributed by atoms with Crippen molar-refractivity contribution in [3.63, 3.8) is 0 Å². The van der Waals surface area contributed by atoms with Gasteiger partial charge in [-0.25, -0.2) is 4.79 Å². The number of halogens is 1. The zero-order chi connectivity index (χ0) is 13.6. The van der Waals surface area contributed by atoms with Gasteiger partial charge in [-0.1, -0.05) is 11.6 Å². The lowest BCUT2D eigenvalue weighted by molar-refractivity contribution is 0.0802. The van der Waals surface area contributed by atoms with Crippen molar-refractivity contribution in [3.05, 3.63) is 33.1 Å². The van der Waals surface area contributed by atoms with E-state index >= 15 is 0 Å². The second-order valence-electron chi connectivity index (χ2n) is 4.37. The molecule has 0 amide bonds. The van der Waals surface area contributed by atoms with E-state index in [-0.39, 0.29) is 18.2 Å². The second kappa shape index (κ2) is 4.43. The molecule has 2 aromatic rings. The zero-order valence-corrected chi connectivity index (χ0v) is 10.9. The Bertz CT molecular complexity index is 706. The van der Waals surface area contributed by atoms with Crippen molar-refractivity contribution in [1.29, 1.82) is 0 Å². The molecule has 1 N–H and O–H groups in total. The summed E-state index contributed by atoms with van der Waals surface area (Å²) in [6.07, 6.45) is -0.720. The Morgan fingerprint density at radius 1 is 1.32 bits per heavy atom. The predicted molar refractivity (Wildman–Crippen MR) is 69.2 cm³/mol. The van der Waals surface area contributed by atoms with Crippen molar-refractivity contribution in [2.45, 2.75) is 13.0 Å². The molecule has 19 heavy (non-hydrogen) atoms. The normalized spacial score (nSPS) is 18.4. The maximum atomic E-state index is 11.6. The fraction of sp³-hybridized carbons (Fsp3) is 0.308. The van der Waals surface area contributed by atoms with E-state index in [1.54, 1.807) is 19.1 Å². The van der Waals surface area contributed by atoms with E-state index in [1.165, 1.54) is 0 Å². The molecule has 1 aliphatic heterocycles. The molecule has 1 aromatic heterocycles. The van der Waals surface area contributed by atoms with Gasteiger partial charge in [0.15, 0.2) is 11.3 Å². The van der Waals surface area contributed by atoms with Crippen LogP contribution in [0.25, 0.3) is 11.0 Å². The number of hydrogen-bond acceptors (Lipinski definition) is 5. The molecular formula is C13H11ClO5. The van der Waals surface area contributed by atoms with Crippen LogP contribution in [-0.2, 0) is 0 Å². The number of aliphatic hydroxyl groups excluding tert-OH is 1. The predicted octanol–water partition coefficient (Wildman–Crippen LogP) is 1.89. The Kier molecular flexibility index (Phi) is 2.88. The van der Waals surface area contributed by atoms with Crippen LogP contribution in [0.3, 0.4) is 0 Å². The van der Waals surface area contributed by atoms with E-state index in [0.717, 1.165) is 0 Å². The molecule has 1 atom stereocenters. The first kappa shape index (κ1) is 12.3. The highest BCUT2D eigenvalue weighted by molar-refractivity contribution is 6.31. The average Bonchev–Trinajstić information content (AvgIpc) is 2.59. The Morgan fingerprint density at radius 3 is 2.84 bits per heavy atom.